The quantitative estimate of drug-likeness (QED) is 0.454. The SMILES string of the molecule is COc1cc(C(=O)NC(=S)Nc2cccc(NC(=O)c3ccncc3)c2)cc(OC)c1OC. The third-order valence-corrected chi connectivity index (χ3v) is 4.68. The van der Waals surface area contributed by atoms with Crippen LogP contribution in [0.3, 0.4) is 0 Å². The Kier molecular flexibility index (Phi) is 7.77. The molecule has 170 valence electrons. The van der Waals surface area contributed by atoms with Crippen LogP contribution < -0.4 is 30.2 Å². The van der Waals surface area contributed by atoms with Gasteiger partial charge in [0.15, 0.2) is 16.6 Å². The molecule has 9 nitrogen and oxygen atoms in total. The van der Waals surface area contributed by atoms with E-state index in [9.17, 15) is 9.59 Å². The van der Waals surface area contributed by atoms with Crippen LogP contribution in [0, 0.1) is 0 Å². The van der Waals surface area contributed by atoms with Crippen molar-refractivity contribution in [1.29, 1.82) is 0 Å². The number of hydrogen-bond donors (Lipinski definition) is 3. The average Bonchev–Trinajstić information content (AvgIpc) is 2.83. The monoisotopic (exact) mass is 466 g/mol. The average molecular weight is 467 g/mol. The summed E-state index contributed by atoms with van der Waals surface area (Å²) in [6.07, 6.45) is 3.09. The third-order valence-electron chi connectivity index (χ3n) is 4.47. The Labute approximate surface area is 196 Å². The van der Waals surface area contributed by atoms with E-state index in [-0.39, 0.29) is 16.6 Å². The highest BCUT2D eigenvalue weighted by Crippen LogP contribution is 2.38. The van der Waals surface area contributed by atoms with E-state index in [1.807, 2.05) is 0 Å². The second-order valence-electron chi connectivity index (χ2n) is 6.59. The number of nitrogens with zero attached hydrogens (tertiary/aromatic N) is 1. The van der Waals surface area contributed by atoms with Gasteiger partial charge in [0.1, 0.15) is 0 Å². The smallest absolute Gasteiger partial charge is 0.257 e. The number of nitrogens with one attached hydrogen (secondary N) is 3. The lowest BCUT2D eigenvalue weighted by molar-refractivity contribution is 0.0975. The largest absolute Gasteiger partial charge is 0.493 e. The van der Waals surface area contributed by atoms with E-state index in [0.717, 1.165) is 0 Å². The number of hydrogen-bond acceptors (Lipinski definition) is 7. The van der Waals surface area contributed by atoms with E-state index >= 15 is 0 Å². The predicted molar refractivity (Wildman–Crippen MR) is 128 cm³/mol. The number of thiocarbonyl (C=S) groups is 1. The second-order valence-corrected chi connectivity index (χ2v) is 7.00. The van der Waals surface area contributed by atoms with Crippen LogP contribution in [-0.2, 0) is 0 Å². The lowest BCUT2D eigenvalue weighted by Gasteiger charge is -2.15. The fraction of sp³-hybridized carbons (Fsp3) is 0.130. The number of amides is 2. The Morgan fingerprint density at radius 2 is 1.39 bits per heavy atom. The molecule has 0 aliphatic rings. The minimum atomic E-state index is -0.464. The molecule has 2 aromatic carbocycles. The first-order valence-electron chi connectivity index (χ1n) is 9.69. The fourth-order valence-corrected chi connectivity index (χ4v) is 3.14. The normalized spacial score (nSPS) is 10.0. The third kappa shape index (κ3) is 5.95. The Morgan fingerprint density at radius 1 is 0.788 bits per heavy atom. The number of anilines is 2. The molecule has 3 rings (SSSR count). The molecule has 0 bridgehead atoms. The molecule has 3 N–H and O–H groups in total. The van der Waals surface area contributed by atoms with Crippen molar-refractivity contribution < 1.29 is 23.8 Å². The minimum absolute atomic E-state index is 0.0753. The van der Waals surface area contributed by atoms with Crippen molar-refractivity contribution in [2.45, 2.75) is 0 Å². The molecule has 33 heavy (non-hydrogen) atoms. The van der Waals surface area contributed by atoms with Gasteiger partial charge in [0.2, 0.25) is 5.75 Å². The first kappa shape index (κ1) is 23.5. The van der Waals surface area contributed by atoms with Crippen molar-refractivity contribution in [2.75, 3.05) is 32.0 Å². The number of carbonyl (C=O) groups excluding carboxylic acids is 2. The molecule has 0 fully saturated rings. The number of benzene rings is 2. The lowest BCUT2D eigenvalue weighted by Crippen LogP contribution is -2.34. The van der Waals surface area contributed by atoms with Crippen LogP contribution in [0.1, 0.15) is 20.7 Å². The Morgan fingerprint density at radius 3 is 1.97 bits per heavy atom. The van der Waals surface area contributed by atoms with Gasteiger partial charge in [-0.25, -0.2) is 0 Å². The predicted octanol–water partition coefficient (Wildman–Crippen LogP) is 3.49. The number of carbonyl (C=O) groups is 2. The molecule has 10 heteroatoms. The van der Waals surface area contributed by atoms with Crippen LogP contribution in [0.5, 0.6) is 17.2 Å². The van der Waals surface area contributed by atoms with Crippen LogP contribution in [-0.4, -0.2) is 43.2 Å². The molecular weight excluding hydrogens is 444 g/mol. The zero-order valence-corrected chi connectivity index (χ0v) is 19.0. The fourth-order valence-electron chi connectivity index (χ4n) is 2.93. The second kappa shape index (κ2) is 10.9. The summed E-state index contributed by atoms with van der Waals surface area (Å²) < 4.78 is 15.8. The standard InChI is InChI=1S/C23H22N4O5S/c1-30-18-11-15(12-19(31-2)20(18)32-3)22(29)27-23(33)26-17-6-4-5-16(13-17)25-21(28)14-7-9-24-10-8-14/h4-13H,1-3H3,(H,25,28)(H2,26,27,29,33). The van der Waals surface area contributed by atoms with Gasteiger partial charge in [-0.05, 0) is 54.7 Å². The molecule has 3 aromatic rings. The summed E-state index contributed by atoms with van der Waals surface area (Å²) in [5, 5.41) is 8.41. The number of aromatic nitrogens is 1. The molecule has 0 aliphatic carbocycles. The molecule has 0 atom stereocenters. The van der Waals surface area contributed by atoms with E-state index in [0.29, 0.717) is 34.2 Å². The van der Waals surface area contributed by atoms with Crippen molar-refractivity contribution in [2.24, 2.45) is 0 Å². The number of pyridine rings is 1. The van der Waals surface area contributed by atoms with Crippen LogP contribution >= 0.6 is 12.2 Å². The van der Waals surface area contributed by atoms with Gasteiger partial charge in [-0.2, -0.15) is 0 Å². The summed E-state index contributed by atoms with van der Waals surface area (Å²) in [7, 11) is 4.41. The molecule has 0 saturated carbocycles. The summed E-state index contributed by atoms with van der Waals surface area (Å²) >= 11 is 5.27. The highest BCUT2D eigenvalue weighted by molar-refractivity contribution is 7.80. The van der Waals surface area contributed by atoms with Gasteiger partial charge >= 0.3 is 0 Å². The summed E-state index contributed by atoms with van der Waals surface area (Å²) in [6.45, 7) is 0. The topological polar surface area (TPSA) is 111 Å². The van der Waals surface area contributed by atoms with Crippen LogP contribution in [0.15, 0.2) is 60.9 Å². The Balaban J connectivity index is 1.67. The number of ether oxygens (including phenoxy) is 3. The van der Waals surface area contributed by atoms with Gasteiger partial charge in [-0.3, -0.25) is 19.9 Å². The molecule has 0 unspecified atom stereocenters. The van der Waals surface area contributed by atoms with Crippen molar-refractivity contribution >= 4 is 40.5 Å². The maximum absolute atomic E-state index is 12.7. The summed E-state index contributed by atoms with van der Waals surface area (Å²) in [5.74, 6) is 0.335. The molecule has 0 radical (unpaired) electrons. The Hall–Kier alpha value is -4.18. The molecule has 1 heterocycles. The van der Waals surface area contributed by atoms with Crippen molar-refractivity contribution in [3.8, 4) is 17.2 Å². The van der Waals surface area contributed by atoms with Gasteiger partial charge in [0, 0.05) is 34.9 Å². The summed E-state index contributed by atoms with van der Waals surface area (Å²) in [6, 6.07) is 13.2. The zero-order chi connectivity index (χ0) is 23.8. The van der Waals surface area contributed by atoms with Gasteiger partial charge in [0.05, 0.1) is 21.3 Å². The summed E-state index contributed by atoms with van der Waals surface area (Å²) in [4.78, 5) is 28.9. The van der Waals surface area contributed by atoms with Gasteiger partial charge < -0.3 is 24.8 Å². The number of methoxy groups -OCH3 is 3. The van der Waals surface area contributed by atoms with E-state index in [1.165, 1.54) is 33.5 Å². The van der Waals surface area contributed by atoms with E-state index < -0.39 is 5.91 Å². The minimum Gasteiger partial charge on any atom is -0.493 e. The van der Waals surface area contributed by atoms with Crippen LogP contribution in [0.25, 0.3) is 0 Å². The van der Waals surface area contributed by atoms with Gasteiger partial charge in [-0.15, -0.1) is 0 Å². The van der Waals surface area contributed by atoms with Crippen molar-refractivity contribution in [1.82, 2.24) is 10.3 Å². The molecule has 0 spiro atoms. The van der Waals surface area contributed by atoms with E-state index in [2.05, 4.69) is 20.9 Å². The molecule has 0 aliphatic heterocycles. The van der Waals surface area contributed by atoms with E-state index in [1.54, 1.807) is 48.8 Å². The highest BCUT2D eigenvalue weighted by atomic mass is 32.1. The molecular formula is C23H22N4O5S. The molecule has 2 amide bonds. The zero-order valence-electron chi connectivity index (χ0n) is 18.2. The van der Waals surface area contributed by atoms with Crippen LogP contribution in [0.4, 0.5) is 11.4 Å². The first-order valence-corrected chi connectivity index (χ1v) is 10.1. The lowest BCUT2D eigenvalue weighted by atomic mass is 10.1. The van der Waals surface area contributed by atoms with Crippen LogP contribution in [0.2, 0.25) is 0 Å². The van der Waals surface area contributed by atoms with Gasteiger partial charge in [-0.1, -0.05) is 6.07 Å². The number of rotatable bonds is 7. The van der Waals surface area contributed by atoms with E-state index in [4.69, 9.17) is 26.4 Å². The highest BCUT2D eigenvalue weighted by Gasteiger charge is 2.17. The molecule has 0 saturated heterocycles. The summed E-state index contributed by atoms with van der Waals surface area (Å²) in [5.41, 5.74) is 1.89. The van der Waals surface area contributed by atoms with Crippen molar-refractivity contribution in [3.05, 3.63) is 72.1 Å². The molecule has 1 aromatic heterocycles. The van der Waals surface area contributed by atoms with Crippen molar-refractivity contribution in [3.63, 3.8) is 0 Å². The Bertz CT molecular complexity index is 1150. The first-order chi connectivity index (χ1) is 15.9. The van der Waals surface area contributed by atoms with Gasteiger partial charge in [0.25, 0.3) is 11.8 Å². The maximum Gasteiger partial charge on any atom is 0.257 e. The maximum atomic E-state index is 12.7.